The van der Waals surface area contributed by atoms with E-state index in [1.54, 1.807) is 0 Å². The highest BCUT2D eigenvalue weighted by molar-refractivity contribution is 5.68. The normalized spacial score (nSPS) is 23.4. The van der Waals surface area contributed by atoms with Gasteiger partial charge < -0.3 is 15.4 Å². The Morgan fingerprint density at radius 3 is 2.15 bits per heavy atom. The van der Waals surface area contributed by atoms with Gasteiger partial charge in [0.05, 0.1) is 0 Å². The van der Waals surface area contributed by atoms with E-state index in [0.717, 1.165) is 19.4 Å². The Hall–Kier alpha value is -0.770. The van der Waals surface area contributed by atoms with Crippen molar-refractivity contribution in [1.29, 1.82) is 0 Å². The molecule has 0 aromatic rings. The van der Waals surface area contributed by atoms with E-state index in [1.165, 1.54) is 0 Å². The zero-order chi connectivity index (χ0) is 15.6. The molecule has 1 rings (SSSR count). The summed E-state index contributed by atoms with van der Waals surface area (Å²) in [6, 6.07) is 0.775. The van der Waals surface area contributed by atoms with Gasteiger partial charge in [-0.1, -0.05) is 27.7 Å². The molecule has 0 aromatic heterocycles. The standard InChI is InChI=1S/C16H32N2O2/c1-11(2)16(6,7)10-17-12-8-13(9-12)18-14(19)20-15(3,4)5/h11-13,17H,8-10H2,1-7H3,(H,18,19). The van der Waals surface area contributed by atoms with Crippen LogP contribution in [0.4, 0.5) is 4.79 Å². The van der Waals surface area contributed by atoms with E-state index in [9.17, 15) is 4.79 Å². The third kappa shape index (κ3) is 5.70. The Labute approximate surface area is 124 Å². The first-order valence-corrected chi connectivity index (χ1v) is 7.72. The molecule has 0 aliphatic heterocycles. The van der Waals surface area contributed by atoms with Crippen molar-refractivity contribution in [1.82, 2.24) is 10.6 Å². The minimum atomic E-state index is -0.424. The number of alkyl carbamates (subject to hydrolysis) is 1. The number of carbonyl (C=O) groups excluding carboxylic acids is 1. The van der Waals surface area contributed by atoms with Gasteiger partial charge in [0.25, 0.3) is 0 Å². The molecule has 0 bridgehead atoms. The number of carbonyl (C=O) groups is 1. The van der Waals surface area contributed by atoms with E-state index < -0.39 is 5.60 Å². The van der Waals surface area contributed by atoms with Gasteiger partial charge >= 0.3 is 6.09 Å². The summed E-state index contributed by atoms with van der Waals surface area (Å²) in [4.78, 5) is 11.6. The van der Waals surface area contributed by atoms with E-state index in [1.807, 2.05) is 20.8 Å². The molecule has 0 heterocycles. The zero-order valence-electron chi connectivity index (χ0n) is 14.2. The summed E-state index contributed by atoms with van der Waals surface area (Å²) in [6.45, 7) is 15.8. The Bertz CT molecular complexity index is 326. The van der Waals surface area contributed by atoms with Gasteiger partial charge in [-0.2, -0.15) is 0 Å². The van der Waals surface area contributed by atoms with Gasteiger partial charge in [-0.15, -0.1) is 0 Å². The molecule has 1 aliphatic rings. The highest BCUT2D eigenvalue weighted by Crippen LogP contribution is 2.27. The fourth-order valence-electron chi connectivity index (χ4n) is 1.99. The maximum absolute atomic E-state index is 11.6. The van der Waals surface area contributed by atoms with Crippen LogP contribution in [0.1, 0.15) is 61.3 Å². The van der Waals surface area contributed by atoms with Crippen LogP contribution in [0.2, 0.25) is 0 Å². The predicted octanol–water partition coefficient (Wildman–Crippen LogP) is 3.31. The fraction of sp³-hybridized carbons (Fsp3) is 0.938. The highest BCUT2D eigenvalue weighted by Gasteiger charge is 2.33. The van der Waals surface area contributed by atoms with Gasteiger partial charge in [-0.3, -0.25) is 0 Å². The van der Waals surface area contributed by atoms with Gasteiger partial charge in [0.2, 0.25) is 0 Å². The fourth-order valence-corrected chi connectivity index (χ4v) is 1.99. The van der Waals surface area contributed by atoms with Crippen LogP contribution in [0.15, 0.2) is 0 Å². The molecule has 1 amide bonds. The first kappa shape index (κ1) is 17.3. The lowest BCUT2D eigenvalue weighted by Crippen LogP contribution is -2.54. The van der Waals surface area contributed by atoms with Crippen LogP contribution in [0.25, 0.3) is 0 Å². The minimum absolute atomic E-state index is 0.254. The molecule has 0 atom stereocenters. The van der Waals surface area contributed by atoms with Crippen molar-refractivity contribution in [2.75, 3.05) is 6.54 Å². The maximum atomic E-state index is 11.6. The quantitative estimate of drug-likeness (QED) is 0.814. The predicted molar refractivity (Wildman–Crippen MR) is 82.8 cm³/mol. The van der Waals surface area contributed by atoms with Crippen LogP contribution in [-0.2, 0) is 4.74 Å². The van der Waals surface area contributed by atoms with Crippen LogP contribution >= 0.6 is 0 Å². The van der Waals surface area contributed by atoms with Crippen molar-refractivity contribution in [2.45, 2.75) is 79.0 Å². The third-order valence-corrected chi connectivity index (χ3v) is 4.27. The summed E-state index contributed by atoms with van der Waals surface area (Å²) < 4.78 is 5.25. The Kier molecular flexibility index (Phi) is 5.47. The molecule has 4 heteroatoms. The molecule has 118 valence electrons. The maximum Gasteiger partial charge on any atom is 0.407 e. The lowest BCUT2D eigenvalue weighted by Gasteiger charge is -2.39. The lowest BCUT2D eigenvalue weighted by molar-refractivity contribution is 0.0461. The summed E-state index contributed by atoms with van der Waals surface area (Å²) in [5.74, 6) is 0.658. The van der Waals surface area contributed by atoms with Gasteiger partial charge in [-0.25, -0.2) is 4.79 Å². The number of hydrogen-bond donors (Lipinski definition) is 2. The van der Waals surface area contributed by atoms with E-state index in [-0.39, 0.29) is 12.1 Å². The van der Waals surface area contributed by atoms with Crippen molar-refractivity contribution in [3.63, 3.8) is 0 Å². The molecule has 0 aromatic carbocycles. The summed E-state index contributed by atoms with van der Waals surface area (Å²) in [5, 5.41) is 6.52. The van der Waals surface area contributed by atoms with E-state index in [4.69, 9.17) is 4.74 Å². The Morgan fingerprint density at radius 1 is 1.15 bits per heavy atom. The molecule has 0 radical (unpaired) electrons. The summed E-state index contributed by atoms with van der Waals surface area (Å²) in [5.41, 5.74) is -0.115. The molecular weight excluding hydrogens is 252 g/mol. The van der Waals surface area contributed by atoms with Gasteiger partial charge in [0.15, 0.2) is 0 Å². The molecule has 1 saturated carbocycles. The van der Waals surface area contributed by atoms with E-state index >= 15 is 0 Å². The van der Waals surface area contributed by atoms with Crippen molar-refractivity contribution in [3.8, 4) is 0 Å². The molecule has 2 N–H and O–H groups in total. The van der Waals surface area contributed by atoms with Crippen molar-refractivity contribution in [2.24, 2.45) is 11.3 Å². The van der Waals surface area contributed by atoms with Crippen LogP contribution < -0.4 is 10.6 Å². The van der Waals surface area contributed by atoms with Gasteiger partial charge in [-0.05, 0) is 44.9 Å². The van der Waals surface area contributed by atoms with Crippen LogP contribution in [0.3, 0.4) is 0 Å². The number of hydrogen-bond acceptors (Lipinski definition) is 3. The van der Waals surface area contributed by atoms with E-state index in [0.29, 0.717) is 17.4 Å². The average molecular weight is 284 g/mol. The molecule has 1 fully saturated rings. The smallest absolute Gasteiger partial charge is 0.407 e. The number of ether oxygens (including phenoxy) is 1. The van der Waals surface area contributed by atoms with Crippen LogP contribution in [0.5, 0.6) is 0 Å². The number of amides is 1. The largest absolute Gasteiger partial charge is 0.444 e. The molecule has 0 spiro atoms. The van der Waals surface area contributed by atoms with Crippen LogP contribution in [-0.4, -0.2) is 30.3 Å². The van der Waals surface area contributed by atoms with Crippen molar-refractivity contribution < 1.29 is 9.53 Å². The topological polar surface area (TPSA) is 50.4 Å². The van der Waals surface area contributed by atoms with Crippen molar-refractivity contribution >= 4 is 6.09 Å². The molecule has 0 unspecified atom stereocenters. The SMILES string of the molecule is CC(C)C(C)(C)CNC1CC(NC(=O)OC(C)(C)C)C1. The van der Waals surface area contributed by atoms with Gasteiger partial charge in [0.1, 0.15) is 5.60 Å². The average Bonchev–Trinajstić information content (AvgIpc) is 2.18. The third-order valence-electron chi connectivity index (χ3n) is 4.27. The first-order chi connectivity index (χ1) is 8.99. The summed E-state index contributed by atoms with van der Waals surface area (Å²) >= 11 is 0. The molecule has 4 nitrogen and oxygen atoms in total. The second-order valence-electron chi connectivity index (χ2n) is 8.04. The Balaban J connectivity index is 2.19. The second-order valence-corrected chi connectivity index (χ2v) is 8.04. The minimum Gasteiger partial charge on any atom is -0.444 e. The summed E-state index contributed by atoms with van der Waals surface area (Å²) in [7, 11) is 0. The Morgan fingerprint density at radius 2 is 1.70 bits per heavy atom. The van der Waals surface area contributed by atoms with Crippen LogP contribution in [0, 0.1) is 11.3 Å². The molecule has 1 aliphatic carbocycles. The second kappa shape index (κ2) is 6.33. The lowest BCUT2D eigenvalue weighted by atomic mass is 9.79. The first-order valence-electron chi connectivity index (χ1n) is 7.72. The highest BCUT2D eigenvalue weighted by atomic mass is 16.6. The number of rotatable bonds is 5. The number of nitrogens with one attached hydrogen (secondary N) is 2. The molecule has 20 heavy (non-hydrogen) atoms. The zero-order valence-corrected chi connectivity index (χ0v) is 14.2. The molecular formula is C16H32N2O2. The summed E-state index contributed by atoms with van der Waals surface area (Å²) in [6.07, 6.45) is 1.68. The van der Waals surface area contributed by atoms with Gasteiger partial charge in [0, 0.05) is 18.6 Å². The van der Waals surface area contributed by atoms with E-state index in [2.05, 4.69) is 38.3 Å². The van der Waals surface area contributed by atoms with Crippen molar-refractivity contribution in [3.05, 3.63) is 0 Å². The molecule has 0 saturated heterocycles. The monoisotopic (exact) mass is 284 g/mol.